The fourth-order valence-electron chi connectivity index (χ4n) is 4.92. The zero-order valence-corrected chi connectivity index (χ0v) is 15.1. The number of amides is 1. The number of sulfonamides is 1. The van der Waals surface area contributed by atoms with Gasteiger partial charge in [-0.15, -0.1) is 0 Å². The molecule has 2 saturated carbocycles. The quantitative estimate of drug-likeness (QED) is 0.788. The molecule has 136 valence electrons. The third kappa shape index (κ3) is 3.10. The van der Waals surface area contributed by atoms with Crippen molar-refractivity contribution in [2.45, 2.75) is 74.6 Å². The highest BCUT2D eigenvalue weighted by Gasteiger charge is 2.60. The largest absolute Gasteiger partial charge is 0.353 e. The maximum atomic E-state index is 12.4. The highest BCUT2D eigenvalue weighted by Crippen LogP contribution is 2.50. The summed E-state index contributed by atoms with van der Waals surface area (Å²) in [5, 5.41) is 3.00. The lowest BCUT2D eigenvalue weighted by Crippen LogP contribution is -2.58. The van der Waals surface area contributed by atoms with Crippen molar-refractivity contribution in [1.29, 1.82) is 0 Å². The first-order valence-electron chi connectivity index (χ1n) is 9.53. The highest BCUT2D eigenvalue weighted by atomic mass is 32.2. The Morgan fingerprint density at radius 3 is 2.58 bits per heavy atom. The maximum Gasteiger partial charge on any atom is 0.237 e. The van der Waals surface area contributed by atoms with Gasteiger partial charge in [-0.25, -0.2) is 13.1 Å². The first kappa shape index (κ1) is 16.8. The number of hydrogen-bond donors (Lipinski definition) is 2. The molecule has 4 aliphatic rings. The topological polar surface area (TPSA) is 78.5 Å². The van der Waals surface area contributed by atoms with E-state index < -0.39 is 14.8 Å². The van der Waals surface area contributed by atoms with Crippen LogP contribution < -0.4 is 10.0 Å². The van der Waals surface area contributed by atoms with E-state index in [1.165, 1.54) is 32.1 Å². The van der Waals surface area contributed by atoms with Crippen molar-refractivity contribution in [1.82, 2.24) is 14.9 Å². The average molecular weight is 356 g/mol. The van der Waals surface area contributed by atoms with Gasteiger partial charge in [-0.3, -0.25) is 9.69 Å². The van der Waals surface area contributed by atoms with Crippen molar-refractivity contribution < 1.29 is 13.2 Å². The van der Waals surface area contributed by atoms with E-state index in [4.69, 9.17) is 0 Å². The van der Waals surface area contributed by atoms with Crippen LogP contribution in [0.25, 0.3) is 0 Å². The van der Waals surface area contributed by atoms with Gasteiger partial charge in [0.2, 0.25) is 15.9 Å². The molecule has 2 saturated heterocycles. The second-order valence-electron chi connectivity index (χ2n) is 8.25. The Morgan fingerprint density at radius 1 is 1.17 bits per heavy atom. The summed E-state index contributed by atoms with van der Waals surface area (Å²) < 4.78 is 26.9. The van der Waals surface area contributed by atoms with Gasteiger partial charge in [0.1, 0.15) is 0 Å². The summed E-state index contributed by atoms with van der Waals surface area (Å²) in [6.07, 6.45) is 9.58. The zero-order chi connectivity index (χ0) is 16.8. The predicted molar refractivity (Wildman–Crippen MR) is 92.0 cm³/mol. The summed E-state index contributed by atoms with van der Waals surface area (Å²) in [7, 11) is -3.15. The number of hydrogen-bond acceptors (Lipinski definition) is 4. The summed E-state index contributed by atoms with van der Waals surface area (Å²) in [6, 6.07) is -0.112. The molecule has 2 atom stereocenters. The van der Waals surface area contributed by atoms with Crippen LogP contribution >= 0.6 is 0 Å². The van der Waals surface area contributed by atoms with Crippen molar-refractivity contribution in [2.24, 2.45) is 5.92 Å². The third-order valence-electron chi connectivity index (χ3n) is 6.50. The van der Waals surface area contributed by atoms with E-state index in [1.54, 1.807) is 0 Å². The van der Waals surface area contributed by atoms with E-state index in [1.807, 2.05) is 0 Å². The number of rotatable bonds is 4. The summed E-state index contributed by atoms with van der Waals surface area (Å²) in [4.78, 5) is 14.7. The molecule has 7 heteroatoms. The number of nitrogens with zero attached hydrogens (tertiary/aromatic N) is 1. The van der Waals surface area contributed by atoms with Crippen molar-refractivity contribution in [3.63, 3.8) is 0 Å². The number of carbonyl (C=O) groups excluding carboxylic acids is 1. The molecular weight excluding hydrogens is 326 g/mol. The first-order valence-corrected chi connectivity index (χ1v) is 11.0. The van der Waals surface area contributed by atoms with E-state index >= 15 is 0 Å². The van der Waals surface area contributed by atoms with Gasteiger partial charge in [-0.05, 0) is 31.6 Å². The molecule has 0 aromatic rings. The van der Waals surface area contributed by atoms with Crippen LogP contribution in [0.5, 0.6) is 0 Å². The second kappa shape index (κ2) is 6.25. The molecule has 6 nitrogen and oxygen atoms in total. The van der Waals surface area contributed by atoms with Gasteiger partial charge in [0.15, 0.2) is 0 Å². The van der Waals surface area contributed by atoms with Crippen LogP contribution in [-0.4, -0.2) is 55.7 Å². The molecule has 1 spiro atoms. The van der Waals surface area contributed by atoms with Gasteiger partial charge in [-0.2, -0.15) is 0 Å². The van der Waals surface area contributed by atoms with Crippen LogP contribution in [0.3, 0.4) is 0 Å². The zero-order valence-electron chi connectivity index (χ0n) is 14.3. The molecule has 0 aromatic heterocycles. The standard InChI is InChI=1S/C17H29N3O3S/c21-16-15(10-13-4-2-1-3-5-13)20(9-8-18-16)12-14-11-17(6-7-17)24(22,23)19-14/h13-15,19H,1-12H2,(H,18,21). The van der Waals surface area contributed by atoms with Gasteiger partial charge in [0.25, 0.3) is 0 Å². The van der Waals surface area contributed by atoms with Crippen molar-refractivity contribution >= 4 is 15.9 Å². The molecule has 4 rings (SSSR count). The Balaban J connectivity index is 1.41. The lowest BCUT2D eigenvalue weighted by molar-refractivity contribution is -0.130. The van der Waals surface area contributed by atoms with E-state index in [9.17, 15) is 13.2 Å². The molecule has 2 aliphatic heterocycles. The van der Waals surface area contributed by atoms with Gasteiger partial charge in [0.05, 0.1) is 10.8 Å². The Labute approximate surface area is 144 Å². The van der Waals surface area contributed by atoms with Gasteiger partial charge in [-0.1, -0.05) is 32.1 Å². The van der Waals surface area contributed by atoms with Gasteiger partial charge < -0.3 is 5.32 Å². The monoisotopic (exact) mass is 355 g/mol. The fraction of sp³-hybridized carbons (Fsp3) is 0.941. The Morgan fingerprint density at radius 2 is 1.92 bits per heavy atom. The minimum absolute atomic E-state index is 0.0303. The van der Waals surface area contributed by atoms with Gasteiger partial charge >= 0.3 is 0 Å². The smallest absolute Gasteiger partial charge is 0.237 e. The molecule has 1 amide bonds. The number of nitrogens with one attached hydrogen (secondary N) is 2. The molecule has 0 radical (unpaired) electrons. The third-order valence-corrected chi connectivity index (χ3v) is 8.85. The molecular formula is C17H29N3O3S. The minimum atomic E-state index is -3.15. The lowest BCUT2D eigenvalue weighted by atomic mass is 9.84. The highest BCUT2D eigenvalue weighted by molar-refractivity contribution is 7.91. The number of piperazine rings is 1. The van der Waals surface area contributed by atoms with E-state index in [-0.39, 0.29) is 18.0 Å². The van der Waals surface area contributed by atoms with E-state index in [2.05, 4.69) is 14.9 Å². The summed E-state index contributed by atoms with van der Waals surface area (Å²) in [5.74, 6) is 0.777. The maximum absolute atomic E-state index is 12.4. The van der Waals surface area contributed by atoms with Crippen molar-refractivity contribution in [3.05, 3.63) is 0 Å². The molecule has 0 bridgehead atoms. The summed E-state index contributed by atoms with van der Waals surface area (Å²) >= 11 is 0. The molecule has 2 unspecified atom stereocenters. The second-order valence-corrected chi connectivity index (χ2v) is 10.4. The SMILES string of the molecule is O=C1NCCN(CC2CC3(CC3)S(=O)(=O)N2)C1CC1CCCCC1. The molecule has 2 heterocycles. The molecule has 2 N–H and O–H groups in total. The Bertz CT molecular complexity index is 596. The first-order chi connectivity index (χ1) is 11.5. The Kier molecular flexibility index (Phi) is 4.37. The van der Waals surface area contributed by atoms with Crippen LogP contribution in [0.4, 0.5) is 0 Å². The van der Waals surface area contributed by atoms with Crippen LogP contribution in [0, 0.1) is 5.92 Å². The predicted octanol–water partition coefficient (Wildman–Crippen LogP) is 0.981. The fourth-order valence-corrected chi connectivity index (χ4v) is 6.82. The minimum Gasteiger partial charge on any atom is -0.353 e. The van der Waals surface area contributed by atoms with Crippen LogP contribution in [0.2, 0.25) is 0 Å². The van der Waals surface area contributed by atoms with E-state index in [0.717, 1.165) is 25.8 Å². The van der Waals surface area contributed by atoms with Crippen LogP contribution in [0.1, 0.15) is 57.8 Å². The van der Waals surface area contributed by atoms with Crippen LogP contribution in [-0.2, 0) is 14.8 Å². The van der Waals surface area contributed by atoms with Gasteiger partial charge in [0, 0.05) is 25.7 Å². The van der Waals surface area contributed by atoms with Crippen molar-refractivity contribution in [2.75, 3.05) is 19.6 Å². The molecule has 24 heavy (non-hydrogen) atoms. The van der Waals surface area contributed by atoms with Crippen molar-refractivity contribution in [3.8, 4) is 0 Å². The molecule has 4 fully saturated rings. The molecule has 0 aromatic carbocycles. The average Bonchev–Trinajstić information content (AvgIpc) is 3.28. The van der Waals surface area contributed by atoms with E-state index in [0.29, 0.717) is 25.4 Å². The normalized spacial score (nSPS) is 35.9. The summed E-state index contributed by atoms with van der Waals surface area (Å²) in [6.45, 7) is 2.17. The lowest BCUT2D eigenvalue weighted by Gasteiger charge is -2.38. The summed E-state index contributed by atoms with van der Waals surface area (Å²) in [5.41, 5.74) is 0. The number of carbonyl (C=O) groups is 1. The van der Waals surface area contributed by atoms with Crippen LogP contribution in [0.15, 0.2) is 0 Å². The Hall–Kier alpha value is -0.660. The molecule has 2 aliphatic carbocycles.